The van der Waals surface area contributed by atoms with Crippen molar-refractivity contribution >= 4 is 0 Å². The molecule has 2 saturated carbocycles. The molecule has 2 heteroatoms. The Kier molecular flexibility index (Phi) is 2.04. The van der Waals surface area contributed by atoms with Crippen LogP contribution in [0.15, 0.2) is 0 Å². The van der Waals surface area contributed by atoms with E-state index >= 15 is 0 Å². The highest BCUT2D eigenvalue weighted by atomic mass is 16.3. The topological polar surface area (TPSA) is 23.5 Å². The predicted octanol–water partition coefficient (Wildman–Crippen LogP) is 1.73. The molecular formula is C12H23NO. The number of hydrogen-bond donors (Lipinski definition) is 1. The Morgan fingerprint density at radius 3 is 2.07 bits per heavy atom. The van der Waals surface area contributed by atoms with E-state index in [4.69, 9.17) is 0 Å². The van der Waals surface area contributed by atoms with Gasteiger partial charge in [0.25, 0.3) is 0 Å². The number of aliphatic hydroxyl groups excluding tert-OH is 1. The molecule has 0 amide bonds. The zero-order chi connectivity index (χ0) is 10.7. The summed E-state index contributed by atoms with van der Waals surface area (Å²) in [6.45, 7) is 6.93. The van der Waals surface area contributed by atoms with E-state index in [-0.39, 0.29) is 11.5 Å². The molecule has 0 aliphatic heterocycles. The van der Waals surface area contributed by atoms with Crippen LogP contribution in [0.4, 0.5) is 0 Å². The first kappa shape index (κ1) is 10.4. The van der Waals surface area contributed by atoms with Gasteiger partial charge in [0.05, 0.1) is 6.10 Å². The van der Waals surface area contributed by atoms with Gasteiger partial charge < -0.3 is 10.0 Å². The lowest BCUT2D eigenvalue weighted by atomic mass is 9.70. The summed E-state index contributed by atoms with van der Waals surface area (Å²) < 4.78 is 0. The van der Waals surface area contributed by atoms with Gasteiger partial charge in [0, 0.05) is 11.5 Å². The summed E-state index contributed by atoms with van der Waals surface area (Å²) in [7, 11) is 4.18. The minimum absolute atomic E-state index is 0.132. The molecule has 2 fully saturated rings. The van der Waals surface area contributed by atoms with Crippen LogP contribution in [-0.4, -0.2) is 36.2 Å². The van der Waals surface area contributed by atoms with Crippen molar-refractivity contribution in [3.05, 3.63) is 0 Å². The molecule has 2 rings (SSSR count). The highest BCUT2D eigenvalue weighted by molar-refractivity contribution is 5.16. The molecule has 2 bridgehead atoms. The Balaban J connectivity index is 2.39. The Bertz CT molecular complexity index is 249. The average molecular weight is 197 g/mol. The molecule has 0 aromatic rings. The van der Waals surface area contributed by atoms with Crippen LogP contribution in [0.1, 0.15) is 33.6 Å². The fourth-order valence-corrected chi connectivity index (χ4v) is 3.93. The fraction of sp³-hybridized carbons (Fsp3) is 1.00. The van der Waals surface area contributed by atoms with Crippen molar-refractivity contribution in [3.63, 3.8) is 0 Å². The van der Waals surface area contributed by atoms with Gasteiger partial charge >= 0.3 is 0 Å². The van der Waals surface area contributed by atoms with Gasteiger partial charge in [0.1, 0.15) is 0 Å². The fourth-order valence-electron chi connectivity index (χ4n) is 3.93. The van der Waals surface area contributed by atoms with Crippen molar-refractivity contribution in [2.75, 3.05) is 14.1 Å². The Labute approximate surface area is 87.3 Å². The molecule has 2 nitrogen and oxygen atoms in total. The number of rotatable bonds is 1. The molecule has 0 saturated heterocycles. The van der Waals surface area contributed by atoms with Crippen LogP contribution < -0.4 is 0 Å². The van der Waals surface area contributed by atoms with E-state index in [9.17, 15) is 5.11 Å². The predicted molar refractivity (Wildman–Crippen MR) is 58.1 cm³/mol. The lowest BCUT2D eigenvalue weighted by molar-refractivity contribution is -0.0195. The van der Waals surface area contributed by atoms with Crippen LogP contribution in [0.3, 0.4) is 0 Å². The first-order valence-electron chi connectivity index (χ1n) is 5.67. The van der Waals surface area contributed by atoms with Crippen molar-refractivity contribution in [1.29, 1.82) is 0 Å². The monoisotopic (exact) mass is 197 g/mol. The van der Waals surface area contributed by atoms with Gasteiger partial charge in [-0.15, -0.1) is 0 Å². The van der Waals surface area contributed by atoms with Crippen LogP contribution in [0.25, 0.3) is 0 Å². The second-order valence-corrected chi connectivity index (χ2v) is 6.18. The molecule has 1 N–H and O–H groups in total. The Hall–Kier alpha value is -0.0800. The van der Waals surface area contributed by atoms with Crippen LogP contribution in [-0.2, 0) is 0 Å². The second-order valence-electron chi connectivity index (χ2n) is 6.18. The van der Waals surface area contributed by atoms with Crippen molar-refractivity contribution in [2.45, 2.75) is 45.8 Å². The zero-order valence-electron chi connectivity index (χ0n) is 10.0. The Morgan fingerprint density at radius 1 is 1.21 bits per heavy atom. The standard InChI is InChI=1S/C12H23NO/c1-11(2)8-6-7-12(11,3)10(14)9(8)13(4)5/h8-10,14H,6-7H2,1-5H3/t8?,9?,10-,12?/m0/s1. The highest BCUT2D eigenvalue weighted by Gasteiger charge is 2.66. The van der Waals surface area contributed by atoms with E-state index in [0.29, 0.717) is 17.4 Å². The van der Waals surface area contributed by atoms with Crippen molar-refractivity contribution in [3.8, 4) is 0 Å². The van der Waals surface area contributed by atoms with E-state index in [0.717, 1.165) is 0 Å². The third-order valence-electron chi connectivity index (χ3n) is 5.36. The summed E-state index contributed by atoms with van der Waals surface area (Å²) in [5.41, 5.74) is 0.425. The first-order chi connectivity index (χ1) is 6.32. The summed E-state index contributed by atoms with van der Waals surface area (Å²) in [6.07, 6.45) is 2.32. The molecule has 0 aromatic heterocycles. The normalized spacial score (nSPS) is 50.4. The highest BCUT2D eigenvalue weighted by Crippen LogP contribution is 2.66. The molecule has 0 heterocycles. The van der Waals surface area contributed by atoms with Crippen LogP contribution in [0.5, 0.6) is 0 Å². The van der Waals surface area contributed by atoms with Gasteiger partial charge in [0.2, 0.25) is 0 Å². The number of likely N-dealkylation sites (N-methyl/N-ethyl adjacent to an activating group) is 1. The number of fused-ring (bicyclic) bond motifs is 2. The van der Waals surface area contributed by atoms with E-state index < -0.39 is 0 Å². The summed E-state index contributed by atoms with van der Waals surface area (Å²) in [5, 5.41) is 10.4. The molecular weight excluding hydrogens is 174 g/mol. The Morgan fingerprint density at radius 2 is 1.79 bits per heavy atom. The molecule has 0 aromatic carbocycles. The van der Waals surface area contributed by atoms with Gasteiger partial charge in [-0.25, -0.2) is 0 Å². The third-order valence-corrected chi connectivity index (χ3v) is 5.36. The molecule has 0 radical (unpaired) electrons. The first-order valence-corrected chi connectivity index (χ1v) is 5.67. The average Bonchev–Trinajstić information content (AvgIpc) is 2.35. The molecule has 4 atom stereocenters. The van der Waals surface area contributed by atoms with E-state index in [1.54, 1.807) is 0 Å². The van der Waals surface area contributed by atoms with Crippen molar-refractivity contribution in [2.24, 2.45) is 16.7 Å². The lowest BCUT2D eigenvalue weighted by Crippen LogP contribution is -2.46. The quantitative estimate of drug-likeness (QED) is 0.692. The zero-order valence-corrected chi connectivity index (χ0v) is 10.0. The van der Waals surface area contributed by atoms with Crippen LogP contribution in [0.2, 0.25) is 0 Å². The van der Waals surface area contributed by atoms with E-state index in [1.165, 1.54) is 12.8 Å². The van der Waals surface area contributed by atoms with Gasteiger partial charge in [-0.2, -0.15) is 0 Å². The summed E-state index contributed by atoms with van der Waals surface area (Å²) in [6, 6.07) is 0.365. The summed E-state index contributed by atoms with van der Waals surface area (Å²) >= 11 is 0. The molecule has 0 spiro atoms. The minimum Gasteiger partial charge on any atom is -0.391 e. The smallest absolute Gasteiger partial charge is 0.0756 e. The van der Waals surface area contributed by atoms with Gasteiger partial charge in [-0.05, 0) is 38.3 Å². The van der Waals surface area contributed by atoms with Crippen molar-refractivity contribution < 1.29 is 5.11 Å². The summed E-state index contributed by atoms with van der Waals surface area (Å²) in [4.78, 5) is 2.21. The van der Waals surface area contributed by atoms with Gasteiger partial charge in [-0.1, -0.05) is 20.8 Å². The summed E-state index contributed by atoms with van der Waals surface area (Å²) in [5.74, 6) is 0.664. The molecule has 82 valence electrons. The molecule has 2 aliphatic rings. The van der Waals surface area contributed by atoms with E-state index in [1.807, 2.05) is 0 Å². The SMILES string of the molecule is CN(C)C1C2CCC(C)([C@H]1O)C2(C)C. The number of aliphatic hydroxyl groups is 1. The van der Waals surface area contributed by atoms with E-state index in [2.05, 4.69) is 39.8 Å². The van der Waals surface area contributed by atoms with Crippen LogP contribution >= 0.6 is 0 Å². The molecule has 3 unspecified atom stereocenters. The maximum atomic E-state index is 10.4. The van der Waals surface area contributed by atoms with Gasteiger partial charge in [0.15, 0.2) is 0 Å². The maximum Gasteiger partial charge on any atom is 0.0756 e. The number of hydrogen-bond acceptors (Lipinski definition) is 2. The molecule has 14 heavy (non-hydrogen) atoms. The number of nitrogens with zero attached hydrogens (tertiary/aromatic N) is 1. The van der Waals surface area contributed by atoms with Crippen molar-refractivity contribution in [1.82, 2.24) is 4.90 Å². The van der Waals surface area contributed by atoms with Gasteiger partial charge in [-0.3, -0.25) is 0 Å². The largest absolute Gasteiger partial charge is 0.391 e. The molecule has 2 aliphatic carbocycles. The van der Waals surface area contributed by atoms with Crippen LogP contribution in [0, 0.1) is 16.7 Å². The minimum atomic E-state index is -0.147. The second kappa shape index (κ2) is 2.73. The third kappa shape index (κ3) is 0.938. The maximum absolute atomic E-state index is 10.4. The lowest BCUT2D eigenvalue weighted by Gasteiger charge is -2.38.